The molecule has 9 nitrogen and oxygen atoms in total. The van der Waals surface area contributed by atoms with E-state index in [9.17, 15) is 19.0 Å². The fourth-order valence-corrected chi connectivity index (χ4v) is 8.30. The van der Waals surface area contributed by atoms with E-state index < -0.39 is 26.5 Å². The second-order valence-electron chi connectivity index (χ2n) is 19.2. The summed E-state index contributed by atoms with van der Waals surface area (Å²) >= 11 is 0. The van der Waals surface area contributed by atoms with Crippen molar-refractivity contribution in [3.05, 3.63) is 24.3 Å². The van der Waals surface area contributed by atoms with Crippen molar-refractivity contribution in [3.8, 4) is 0 Å². The van der Waals surface area contributed by atoms with Gasteiger partial charge in [-0.15, -0.1) is 0 Å². The molecule has 0 fully saturated rings. The molecule has 0 aliphatic heterocycles. The van der Waals surface area contributed by atoms with Gasteiger partial charge in [-0.05, 0) is 44.9 Å². The Bertz CT molecular complexity index is 1120. The molecule has 2 unspecified atom stereocenters. The molecule has 0 spiro atoms. The summed E-state index contributed by atoms with van der Waals surface area (Å²) in [5, 5.41) is 0. The number of phosphoric ester groups is 1. The predicted molar refractivity (Wildman–Crippen MR) is 264 cm³/mol. The highest BCUT2D eigenvalue weighted by Crippen LogP contribution is 2.38. The number of phosphoric acid groups is 1. The average molecular weight is 912 g/mol. The Balaban J connectivity index is 4.02. The number of carbonyl (C=O) groups is 2. The van der Waals surface area contributed by atoms with Gasteiger partial charge in [-0.25, -0.2) is 0 Å². The lowest BCUT2D eigenvalue weighted by Crippen LogP contribution is -2.37. The van der Waals surface area contributed by atoms with Gasteiger partial charge in [-0.3, -0.25) is 14.2 Å². The zero-order valence-electron chi connectivity index (χ0n) is 42.0. The largest absolute Gasteiger partial charge is 0.756 e. The molecule has 63 heavy (non-hydrogen) atoms. The molecule has 0 aromatic rings. The summed E-state index contributed by atoms with van der Waals surface area (Å²) in [6.45, 7) is 4.24. The number of esters is 2. The van der Waals surface area contributed by atoms with E-state index >= 15 is 0 Å². The van der Waals surface area contributed by atoms with E-state index in [0.717, 1.165) is 38.5 Å². The van der Waals surface area contributed by atoms with E-state index in [2.05, 4.69) is 38.2 Å². The van der Waals surface area contributed by atoms with Crippen molar-refractivity contribution in [2.45, 2.75) is 258 Å². The first-order chi connectivity index (χ1) is 30.5. The summed E-state index contributed by atoms with van der Waals surface area (Å²) < 4.78 is 34.0. The Morgan fingerprint density at radius 2 is 0.857 bits per heavy atom. The number of rotatable bonds is 49. The summed E-state index contributed by atoms with van der Waals surface area (Å²) in [5.74, 6) is -0.824. The fraction of sp³-hybridized carbons (Fsp3) is 0.887. The molecule has 0 rings (SSSR count). The maximum atomic E-state index is 12.7. The molecule has 0 bridgehead atoms. The lowest BCUT2D eigenvalue weighted by Gasteiger charge is -2.28. The normalized spacial score (nSPS) is 13.6. The molecule has 0 heterocycles. The molecule has 0 aromatic heterocycles. The quantitative estimate of drug-likeness (QED) is 0.0195. The third kappa shape index (κ3) is 49.8. The summed E-state index contributed by atoms with van der Waals surface area (Å²) in [4.78, 5) is 37.6. The Morgan fingerprint density at radius 3 is 1.25 bits per heavy atom. The number of carbonyl (C=O) groups excluding carboxylic acids is 2. The van der Waals surface area contributed by atoms with Gasteiger partial charge in [0.15, 0.2) is 6.10 Å². The van der Waals surface area contributed by atoms with Crippen LogP contribution in [0.1, 0.15) is 251 Å². The van der Waals surface area contributed by atoms with Gasteiger partial charge in [0.05, 0.1) is 27.7 Å². The molecule has 0 aliphatic carbocycles. The minimum Gasteiger partial charge on any atom is -0.756 e. The summed E-state index contributed by atoms with van der Waals surface area (Å²) in [6, 6.07) is 0. The van der Waals surface area contributed by atoms with E-state index in [1.807, 2.05) is 21.1 Å². The van der Waals surface area contributed by atoms with Gasteiger partial charge >= 0.3 is 11.9 Å². The van der Waals surface area contributed by atoms with Crippen molar-refractivity contribution in [3.63, 3.8) is 0 Å². The molecular weight excluding hydrogens is 810 g/mol. The van der Waals surface area contributed by atoms with Crippen LogP contribution in [0.3, 0.4) is 0 Å². The third-order valence-corrected chi connectivity index (χ3v) is 12.7. The molecule has 0 aromatic carbocycles. The lowest BCUT2D eigenvalue weighted by atomic mass is 10.0. The zero-order valence-corrected chi connectivity index (χ0v) is 42.9. The van der Waals surface area contributed by atoms with Crippen LogP contribution in [0, 0.1) is 0 Å². The molecule has 2 atom stereocenters. The van der Waals surface area contributed by atoms with Gasteiger partial charge in [-0.2, -0.15) is 0 Å². The number of quaternary nitrogens is 1. The van der Waals surface area contributed by atoms with Crippen LogP contribution < -0.4 is 4.89 Å². The van der Waals surface area contributed by atoms with Crippen molar-refractivity contribution in [1.29, 1.82) is 0 Å². The number of ether oxygens (including phenoxy) is 2. The molecule has 372 valence electrons. The zero-order chi connectivity index (χ0) is 46.4. The molecular formula is C53H102NO8P. The first-order valence-corrected chi connectivity index (χ1v) is 28.0. The van der Waals surface area contributed by atoms with Gasteiger partial charge in [0.25, 0.3) is 7.82 Å². The minimum absolute atomic E-state index is 0.0278. The van der Waals surface area contributed by atoms with E-state index in [1.165, 1.54) is 180 Å². The standard InChI is InChI=1S/C53H102NO8P/c1-6-8-10-12-14-16-18-19-20-21-22-23-24-25-26-27-28-29-30-31-32-33-34-35-36-38-40-42-44-46-53(56)62-51(50-61-63(57,58)60-48-47-54(3,4)5)49-59-52(55)45-43-41-39-37-17-15-13-11-9-7-2/h18-19,21-22,51H,6-17,20,23-50H2,1-5H3/b19-18-,22-21-. The third-order valence-electron chi connectivity index (χ3n) is 11.7. The Labute approximate surface area is 389 Å². The van der Waals surface area contributed by atoms with Crippen molar-refractivity contribution >= 4 is 19.8 Å². The van der Waals surface area contributed by atoms with Crippen molar-refractivity contribution in [2.24, 2.45) is 0 Å². The van der Waals surface area contributed by atoms with Gasteiger partial charge < -0.3 is 27.9 Å². The summed E-state index contributed by atoms with van der Waals surface area (Å²) in [7, 11) is 1.18. The molecule has 0 aliphatic rings. The van der Waals surface area contributed by atoms with Gasteiger partial charge in [0, 0.05) is 12.8 Å². The Hall–Kier alpha value is -1.51. The molecule has 0 amide bonds. The maximum Gasteiger partial charge on any atom is 0.306 e. The van der Waals surface area contributed by atoms with E-state index in [-0.39, 0.29) is 32.0 Å². The number of likely N-dealkylation sites (N-methyl/N-ethyl adjacent to an activating group) is 1. The highest BCUT2D eigenvalue weighted by atomic mass is 31.2. The lowest BCUT2D eigenvalue weighted by molar-refractivity contribution is -0.870. The van der Waals surface area contributed by atoms with Crippen LogP contribution in [0.5, 0.6) is 0 Å². The number of hydrogen-bond acceptors (Lipinski definition) is 8. The predicted octanol–water partition coefficient (Wildman–Crippen LogP) is 15.2. The number of allylic oxidation sites excluding steroid dienone is 4. The fourth-order valence-electron chi connectivity index (χ4n) is 7.57. The van der Waals surface area contributed by atoms with Crippen LogP contribution >= 0.6 is 7.82 Å². The topological polar surface area (TPSA) is 111 Å². The van der Waals surface area contributed by atoms with E-state index in [0.29, 0.717) is 17.4 Å². The van der Waals surface area contributed by atoms with Crippen molar-refractivity contribution in [1.82, 2.24) is 0 Å². The summed E-state index contributed by atoms with van der Waals surface area (Å²) in [5.41, 5.74) is 0. The molecule has 0 N–H and O–H groups in total. The van der Waals surface area contributed by atoms with E-state index in [4.69, 9.17) is 18.5 Å². The Morgan fingerprint density at radius 1 is 0.492 bits per heavy atom. The van der Waals surface area contributed by atoms with Crippen LogP contribution in [0.4, 0.5) is 0 Å². The van der Waals surface area contributed by atoms with Gasteiger partial charge in [0.1, 0.15) is 19.8 Å². The van der Waals surface area contributed by atoms with Gasteiger partial charge in [-0.1, -0.05) is 218 Å². The van der Waals surface area contributed by atoms with Crippen LogP contribution in [-0.4, -0.2) is 70.0 Å². The highest BCUT2D eigenvalue weighted by molar-refractivity contribution is 7.45. The Kier molecular flexibility index (Phi) is 44.5. The van der Waals surface area contributed by atoms with E-state index in [1.54, 1.807) is 0 Å². The van der Waals surface area contributed by atoms with Crippen LogP contribution in [0.2, 0.25) is 0 Å². The van der Waals surface area contributed by atoms with Crippen molar-refractivity contribution < 1.29 is 42.1 Å². The maximum absolute atomic E-state index is 12.7. The molecule has 0 radical (unpaired) electrons. The first-order valence-electron chi connectivity index (χ1n) is 26.5. The molecule has 0 saturated carbocycles. The molecule has 0 saturated heterocycles. The van der Waals surface area contributed by atoms with Crippen LogP contribution in [0.15, 0.2) is 24.3 Å². The number of unbranched alkanes of at least 4 members (excludes halogenated alkanes) is 31. The van der Waals surface area contributed by atoms with Crippen molar-refractivity contribution in [2.75, 3.05) is 47.5 Å². The second kappa shape index (κ2) is 45.6. The number of nitrogens with zero attached hydrogens (tertiary/aromatic N) is 1. The van der Waals surface area contributed by atoms with Gasteiger partial charge in [0.2, 0.25) is 0 Å². The number of hydrogen-bond donors (Lipinski definition) is 0. The highest BCUT2D eigenvalue weighted by Gasteiger charge is 2.21. The average Bonchev–Trinajstić information content (AvgIpc) is 3.24. The SMILES string of the molecule is CCCCCCC/C=C\C/C=C\CCCCCCCCCCCCCCCCCCCC(=O)OC(COC(=O)CCCCCCCCCCCC)COP(=O)([O-])OCC[N+](C)(C)C. The smallest absolute Gasteiger partial charge is 0.306 e. The monoisotopic (exact) mass is 912 g/mol. The van der Waals surface area contributed by atoms with Crippen LogP contribution in [0.25, 0.3) is 0 Å². The minimum atomic E-state index is -4.62. The first kappa shape index (κ1) is 61.5. The molecule has 10 heteroatoms. The summed E-state index contributed by atoms with van der Waals surface area (Å²) in [6.07, 6.45) is 52.3. The second-order valence-corrected chi connectivity index (χ2v) is 20.7. The van der Waals surface area contributed by atoms with Crippen LogP contribution in [-0.2, 0) is 32.7 Å².